The van der Waals surface area contributed by atoms with Gasteiger partial charge in [0.25, 0.3) is 0 Å². The number of carbonyl (C=O) groups excluding carboxylic acids is 1. The number of benzene rings is 1. The standard InChI is InChI=1S/C16H22ClN3O.2ClH/c17-11-4-7-14(19-13-5-6-13)15(9-11)20-16(21)10-2-1-3-12(18)8-10;;/h4,7,9-10,12-13,19H,1-3,5-6,8,18H2,(H,20,21);2*1H. The van der Waals surface area contributed by atoms with Crippen LogP contribution in [0.15, 0.2) is 18.2 Å². The molecule has 130 valence electrons. The third kappa shape index (κ3) is 5.71. The van der Waals surface area contributed by atoms with Crippen molar-refractivity contribution in [2.45, 2.75) is 50.6 Å². The molecule has 0 heterocycles. The lowest BCUT2D eigenvalue weighted by molar-refractivity contribution is -0.120. The molecule has 1 aromatic rings. The van der Waals surface area contributed by atoms with E-state index < -0.39 is 0 Å². The fraction of sp³-hybridized carbons (Fsp3) is 0.562. The summed E-state index contributed by atoms with van der Waals surface area (Å²) in [4.78, 5) is 12.4. The van der Waals surface area contributed by atoms with Gasteiger partial charge in [-0.25, -0.2) is 0 Å². The molecule has 4 nitrogen and oxygen atoms in total. The number of hydrogen-bond acceptors (Lipinski definition) is 3. The first-order chi connectivity index (χ1) is 10.1. The van der Waals surface area contributed by atoms with Gasteiger partial charge < -0.3 is 16.4 Å². The van der Waals surface area contributed by atoms with Crippen LogP contribution in [0.4, 0.5) is 11.4 Å². The van der Waals surface area contributed by atoms with Crippen molar-refractivity contribution in [2.75, 3.05) is 10.6 Å². The second-order valence-corrected chi connectivity index (χ2v) is 6.66. The van der Waals surface area contributed by atoms with E-state index in [0.717, 1.165) is 37.1 Å². The van der Waals surface area contributed by atoms with E-state index in [1.54, 1.807) is 0 Å². The van der Waals surface area contributed by atoms with E-state index in [9.17, 15) is 4.79 Å². The molecule has 2 aliphatic carbocycles. The number of amides is 1. The van der Waals surface area contributed by atoms with Crippen LogP contribution in [0.2, 0.25) is 5.02 Å². The molecular formula is C16H24Cl3N3O. The van der Waals surface area contributed by atoms with Gasteiger partial charge in [0.15, 0.2) is 0 Å². The second-order valence-electron chi connectivity index (χ2n) is 6.22. The quantitative estimate of drug-likeness (QED) is 0.733. The molecule has 0 bridgehead atoms. The van der Waals surface area contributed by atoms with Gasteiger partial charge >= 0.3 is 0 Å². The maximum Gasteiger partial charge on any atom is 0.227 e. The summed E-state index contributed by atoms with van der Waals surface area (Å²) in [5.41, 5.74) is 7.70. The first-order valence-corrected chi connectivity index (χ1v) is 8.12. The highest BCUT2D eigenvalue weighted by atomic mass is 35.5. The summed E-state index contributed by atoms with van der Waals surface area (Å²) in [6, 6.07) is 6.27. The SMILES string of the molecule is Cl.Cl.NC1CCCC(C(=O)Nc2cc(Cl)ccc2NC2CC2)C1. The van der Waals surface area contributed by atoms with Gasteiger partial charge in [-0.2, -0.15) is 0 Å². The fourth-order valence-corrected chi connectivity index (χ4v) is 3.07. The van der Waals surface area contributed by atoms with Crippen molar-refractivity contribution in [3.63, 3.8) is 0 Å². The summed E-state index contributed by atoms with van der Waals surface area (Å²) >= 11 is 6.06. The van der Waals surface area contributed by atoms with Gasteiger partial charge in [0.1, 0.15) is 0 Å². The van der Waals surface area contributed by atoms with Crippen LogP contribution >= 0.6 is 36.4 Å². The average Bonchev–Trinajstić information content (AvgIpc) is 3.26. The summed E-state index contributed by atoms with van der Waals surface area (Å²) in [6.45, 7) is 0. The van der Waals surface area contributed by atoms with Crippen LogP contribution < -0.4 is 16.4 Å². The predicted octanol–water partition coefficient (Wildman–Crippen LogP) is 4.21. The van der Waals surface area contributed by atoms with Gasteiger partial charge in [-0.3, -0.25) is 4.79 Å². The van der Waals surface area contributed by atoms with Crippen LogP contribution in [0.1, 0.15) is 38.5 Å². The maximum absolute atomic E-state index is 12.4. The normalized spacial score (nSPS) is 23.2. The Kier molecular flexibility index (Phi) is 7.95. The van der Waals surface area contributed by atoms with Crippen molar-refractivity contribution in [3.05, 3.63) is 23.2 Å². The molecule has 23 heavy (non-hydrogen) atoms. The number of carbonyl (C=O) groups is 1. The summed E-state index contributed by atoms with van der Waals surface area (Å²) < 4.78 is 0. The fourth-order valence-electron chi connectivity index (χ4n) is 2.89. The minimum atomic E-state index is 0. The molecule has 0 aliphatic heterocycles. The van der Waals surface area contributed by atoms with Crippen LogP contribution in [-0.2, 0) is 4.79 Å². The van der Waals surface area contributed by atoms with Gasteiger partial charge in [0.2, 0.25) is 5.91 Å². The van der Waals surface area contributed by atoms with E-state index in [0.29, 0.717) is 11.1 Å². The third-order valence-electron chi connectivity index (χ3n) is 4.26. The molecule has 4 N–H and O–H groups in total. The number of nitrogens with two attached hydrogens (primary N) is 1. The van der Waals surface area contributed by atoms with Gasteiger partial charge in [0.05, 0.1) is 11.4 Å². The Labute approximate surface area is 154 Å². The lowest BCUT2D eigenvalue weighted by Gasteiger charge is -2.26. The number of halogens is 3. The van der Waals surface area contributed by atoms with Crippen molar-refractivity contribution >= 4 is 53.7 Å². The van der Waals surface area contributed by atoms with Crippen LogP contribution in [0.5, 0.6) is 0 Å². The number of rotatable bonds is 4. The van der Waals surface area contributed by atoms with Gasteiger partial charge in [-0.05, 0) is 50.3 Å². The van der Waals surface area contributed by atoms with Gasteiger partial charge in [0, 0.05) is 23.0 Å². The molecular weight excluding hydrogens is 357 g/mol. The smallest absolute Gasteiger partial charge is 0.227 e. The molecule has 1 amide bonds. The molecule has 2 unspecified atom stereocenters. The lowest BCUT2D eigenvalue weighted by Crippen LogP contribution is -2.34. The minimum absolute atomic E-state index is 0. The molecule has 2 atom stereocenters. The number of hydrogen-bond donors (Lipinski definition) is 3. The van der Waals surface area contributed by atoms with E-state index >= 15 is 0 Å². The van der Waals surface area contributed by atoms with E-state index in [1.165, 1.54) is 12.8 Å². The predicted molar refractivity (Wildman–Crippen MR) is 101 cm³/mol. The largest absolute Gasteiger partial charge is 0.381 e. The van der Waals surface area contributed by atoms with E-state index in [-0.39, 0.29) is 42.7 Å². The summed E-state index contributed by atoms with van der Waals surface area (Å²) in [7, 11) is 0. The van der Waals surface area contributed by atoms with Crippen LogP contribution in [0.25, 0.3) is 0 Å². The molecule has 0 aromatic heterocycles. The Morgan fingerprint density at radius 2 is 1.87 bits per heavy atom. The first-order valence-electron chi connectivity index (χ1n) is 7.74. The monoisotopic (exact) mass is 379 g/mol. The Bertz CT molecular complexity index is 537. The Morgan fingerprint density at radius 1 is 1.13 bits per heavy atom. The molecule has 2 aliphatic rings. The number of nitrogens with one attached hydrogen (secondary N) is 2. The number of anilines is 2. The van der Waals surface area contributed by atoms with E-state index in [1.807, 2.05) is 18.2 Å². The van der Waals surface area contributed by atoms with Crippen LogP contribution in [-0.4, -0.2) is 18.0 Å². The van der Waals surface area contributed by atoms with Crippen molar-refractivity contribution in [3.8, 4) is 0 Å². The average molecular weight is 381 g/mol. The van der Waals surface area contributed by atoms with Gasteiger partial charge in [-0.1, -0.05) is 18.0 Å². The molecule has 0 saturated heterocycles. The Hall–Kier alpha value is -0.680. The van der Waals surface area contributed by atoms with Crippen molar-refractivity contribution in [2.24, 2.45) is 11.7 Å². The molecule has 3 rings (SSSR count). The summed E-state index contributed by atoms with van der Waals surface area (Å²) in [6.07, 6.45) is 6.13. The maximum atomic E-state index is 12.4. The zero-order valence-electron chi connectivity index (χ0n) is 12.9. The Balaban J connectivity index is 0.00000132. The van der Waals surface area contributed by atoms with Crippen molar-refractivity contribution < 1.29 is 4.79 Å². The van der Waals surface area contributed by atoms with E-state index in [4.69, 9.17) is 17.3 Å². The first kappa shape index (κ1) is 20.4. The summed E-state index contributed by atoms with van der Waals surface area (Å²) in [5.74, 6) is 0.0766. The van der Waals surface area contributed by atoms with E-state index in [2.05, 4.69) is 10.6 Å². The van der Waals surface area contributed by atoms with Crippen molar-refractivity contribution in [1.29, 1.82) is 0 Å². The van der Waals surface area contributed by atoms with Crippen molar-refractivity contribution in [1.82, 2.24) is 0 Å². The highest BCUT2D eigenvalue weighted by Gasteiger charge is 2.27. The lowest BCUT2D eigenvalue weighted by atomic mass is 9.85. The minimum Gasteiger partial charge on any atom is -0.381 e. The zero-order valence-corrected chi connectivity index (χ0v) is 15.3. The molecule has 7 heteroatoms. The highest BCUT2D eigenvalue weighted by Crippen LogP contribution is 2.32. The molecule has 0 spiro atoms. The van der Waals surface area contributed by atoms with Gasteiger partial charge in [-0.15, -0.1) is 24.8 Å². The molecule has 1 aromatic carbocycles. The third-order valence-corrected chi connectivity index (χ3v) is 4.50. The second kappa shape index (κ2) is 8.97. The summed E-state index contributed by atoms with van der Waals surface area (Å²) in [5, 5.41) is 7.10. The zero-order chi connectivity index (χ0) is 14.8. The molecule has 0 radical (unpaired) electrons. The highest BCUT2D eigenvalue weighted by molar-refractivity contribution is 6.31. The molecule has 2 fully saturated rings. The van der Waals surface area contributed by atoms with Crippen LogP contribution in [0, 0.1) is 5.92 Å². The Morgan fingerprint density at radius 3 is 2.52 bits per heavy atom. The molecule has 2 saturated carbocycles. The topological polar surface area (TPSA) is 67.2 Å². The van der Waals surface area contributed by atoms with Crippen LogP contribution in [0.3, 0.4) is 0 Å².